The zero-order valence-corrected chi connectivity index (χ0v) is 9.46. The van der Waals surface area contributed by atoms with Crippen molar-refractivity contribution in [3.8, 4) is 0 Å². The Morgan fingerprint density at radius 3 is 1.94 bits per heavy atom. The lowest BCUT2D eigenvalue weighted by Gasteiger charge is -2.20. The third-order valence-corrected chi connectivity index (χ3v) is 2.35. The molecule has 3 heterocycles. The SMILES string of the molecule is c1ccc(N(c2ccccn2)n2ccnn2)nc1. The quantitative estimate of drug-likeness (QED) is 0.694. The van der Waals surface area contributed by atoms with E-state index in [2.05, 4.69) is 20.3 Å². The summed E-state index contributed by atoms with van der Waals surface area (Å²) in [5.41, 5.74) is 0. The van der Waals surface area contributed by atoms with Gasteiger partial charge < -0.3 is 0 Å². The molecule has 0 radical (unpaired) electrons. The van der Waals surface area contributed by atoms with Crippen molar-refractivity contribution in [3.63, 3.8) is 0 Å². The summed E-state index contributed by atoms with van der Waals surface area (Å²) in [6, 6.07) is 11.3. The van der Waals surface area contributed by atoms with E-state index >= 15 is 0 Å². The molecule has 0 N–H and O–H groups in total. The largest absolute Gasteiger partial charge is 0.237 e. The Morgan fingerprint density at radius 1 is 0.833 bits per heavy atom. The fourth-order valence-electron chi connectivity index (χ4n) is 1.59. The molecule has 0 aliphatic heterocycles. The van der Waals surface area contributed by atoms with Crippen LogP contribution in [-0.2, 0) is 0 Å². The molecule has 0 unspecified atom stereocenters. The molecule has 88 valence electrons. The predicted molar refractivity (Wildman–Crippen MR) is 66.0 cm³/mol. The minimum Gasteiger partial charge on any atom is -0.237 e. The second-order valence-corrected chi connectivity index (χ2v) is 3.51. The summed E-state index contributed by atoms with van der Waals surface area (Å²) >= 11 is 0. The number of aromatic nitrogens is 5. The van der Waals surface area contributed by atoms with Crippen LogP contribution in [0.4, 0.5) is 11.6 Å². The summed E-state index contributed by atoms with van der Waals surface area (Å²) in [6.45, 7) is 0. The van der Waals surface area contributed by atoms with Gasteiger partial charge in [0.25, 0.3) is 0 Å². The molecule has 0 aromatic carbocycles. The van der Waals surface area contributed by atoms with Gasteiger partial charge in [-0.15, -0.1) is 5.10 Å². The Morgan fingerprint density at radius 2 is 1.50 bits per heavy atom. The van der Waals surface area contributed by atoms with Crippen molar-refractivity contribution in [1.29, 1.82) is 0 Å². The number of hydrogen-bond donors (Lipinski definition) is 0. The van der Waals surface area contributed by atoms with E-state index in [9.17, 15) is 0 Å². The molecule has 0 amide bonds. The first kappa shape index (κ1) is 10.4. The Hall–Kier alpha value is -2.76. The maximum absolute atomic E-state index is 4.31. The Bertz CT molecular complexity index is 554. The highest BCUT2D eigenvalue weighted by molar-refractivity contribution is 5.54. The lowest BCUT2D eigenvalue weighted by atomic mass is 10.4. The van der Waals surface area contributed by atoms with E-state index in [1.165, 1.54) is 0 Å². The minimum atomic E-state index is 0.724. The number of hydrogen-bond acceptors (Lipinski definition) is 5. The molecule has 0 saturated carbocycles. The van der Waals surface area contributed by atoms with Crippen LogP contribution in [0.1, 0.15) is 0 Å². The topological polar surface area (TPSA) is 59.7 Å². The highest BCUT2D eigenvalue weighted by Gasteiger charge is 2.13. The van der Waals surface area contributed by atoms with Crippen molar-refractivity contribution >= 4 is 11.6 Å². The van der Waals surface area contributed by atoms with Gasteiger partial charge in [0.2, 0.25) is 0 Å². The van der Waals surface area contributed by atoms with Crippen LogP contribution >= 0.6 is 0 Å². The Kier molecular flexibility index (Phi) is 2.67. The lowest BCUT2D eigenvalue weighted by molar-refractivity contribution is 0.649. The smallest absolute Gasteiger partial charge is 0.155 e. The first-order valence-electron chi connectivity index (χ1n) is 5.44. The van der Waals surface area contributed by atoms with E-state index in [-0.39, 0.29) is 0 Å². The number of pyridine rings is 2. The van der Waals surface area contributed by atoms with Crippen LogP contribution < -0.4 is 5.01 Å². The summed E-state index contributed by atoms with van der Waals surface area (Å²) in [5, 5.41) is 9.56. The van der Waals surface area contributed by atoms with Crippen molar-refractivity contribution in [2.24, 2.45) is 0 Å². The summed E-state index contributed by atoms with van der Waals surface area (Å²) in [4.78, 5) is 10.2. The molecular weight excluding hydrogens is 228 g/mol. The molecule has 0 bridgehead atoms. The van der Waals surface area contributed by atoms with E-state index in [0.29, 0.717) is 0 Å². The third-order valence-electron chi connectivity index (χ3n) is 2.35. The van der Waals surface area contributed by atoms with Crippen LogP contribution in [0.25, 0.3) is 0 Å². The summed E-state index contributed by atoms with van der Waals surface area (Å²) < 4.78 is 0. The summed E-state index contributed by atoms with van der Waals surface area (Å²) in [6.07, 6.45) is 6.80. The predicted octanol–water partition coefficient (Wildman–Crippen LogP) is 1.67. The van der Waals surface area contributed by atoms with Crippen LogP contribution in [0.3, 0.4) is 0 Å². The van der Waals surface area contributed by atoms with Gasteiger partial charge in [-0.1, -0.05) is 12.1 Å². The highest BCUT2D eigenvalue weighted by atomic mass is 15.7. The second-order valence-electron chi connectivity index (χ2n) is 3.51. The summed E-state index contributed by atoms with van der Waals surface area (Å²) in [5.74, 6) is 1.45. The lowest BCUT2D eigenvalue weighted by Crippen LogP contribution is -2.26. The van der Waals surface area contributed by atoms with Crippen LogP contribution in [0.2, 0.25) is 0 Å². The molecule has 0 atom stereocenters. The van der Waals surface area contributed by atoms with Gasteiger partial charge in [-0.3, -0.25) is 0 Å². The fraction of sp³-hybridized carbons (Fsp3) is 0. The van der Waals surface area contributed by atoms with Crippen molar-refractivity contribution in [2.45, 2.75) is 0 Å². The van der Waals surface area contributed by atoms with E-state index < -0.39 is 0 Å². The fourth-order valence-corrected chi connectivity index (χ4v) is 1.59. The molecule has 3 aromatic rings. The van der Waals surface area contributed by atoms with E-state index in [0.717, 1.165) is 11.6 Å². The molecule has 3 aromatic heterocycles. The van der Waals surface area contributed by atoms with Crippen LogP contribution in [-0.4, -0.2) is 25.1 Å². The average molecular weight is 238 g/mol. The van der Waals surface area contributed by atoms with Crippen LogP contribution in [0.5, 0.6) is 0 Å². The molecule has 6 heteroatoms. The van der Waals surface area contributed by atoms with E-state index in [1.54, 1.807) is 34.6 Å². The summed E-state index contributed by atoms with van der Waals surface area (Å²) in [7, 11) is 0. The maximum atomic E-state index is 4.31. The van der Waals surface area contributed by atoms with Gasteiger partial charge in [0.05, 0.1) is 12.4 Å². The second kappa shape index (κ2) is 4.62. The zero-order chi connectivity index (χ0) is 12.2. The van der Waals surface area contributed by atoms with Gasteiger partial charge in [-0.2, -0.15) is 9.80 Å². The normalized spacial score (nSPS) is 10.2. The molecule has 0 fully saturated rings. The molecule has 0 spiro atoms. The monoisotopic (exact) mass is 238 g/mol. The number of anilines is 2. The van der Waals surface area contributed by atoms with Gasteiger partial charge in [0, 0.05) is 12.4 Å². The van der Waals surface area contributed by atoms with Gasteiger partial charge in [0.15, 0.2) is 11.6 Å². The number of rotatable bonds is 3. The molecule has 6 nitrogen and oxygen atoms in total. The van der Waals surface area contributed by atoms with Crippen molar-refractivity contribution in [3.05, 3.63) is 61.2 Å². The van der Waals surface area contributed by atoms with Gasteiger partial charge in [-0.05, 0) is 29.5 Å². The first-order valence-corrected chi connectivity index (χ1v) is 5.44. The molecular formula is C12H10N6. The standard InChI is InChI=1S/C12H10N6/c1-3-7-13-11(5-1)18(17-10-9-15-16-17)12-6-2-4-8-14-12/h1-10H. The number of nitrogens with zero attached hydrogens (tertiary/aromatic N) is 6. The molecule has 0 aliphatic rings. The maximum Gasteiger partial charge on any atom is 0.155 e. The van der Waals surface area contributed by atoms with Gasteiger partial charge in [0.1, 0.15) is 0 Å². The first-order chi connectivity index (χ1) is 8.95. The average Bonchev–Trinajstić information content (AvgIpc) is 2.95. The van der Waals surface area contributed by atoms with E-state index in [1.807, 2.05) is 36.4 Å². The zero-order valence-electron chi connectivity index (χ0n) is 9.46. The highest BCUT2D eigenvalue weighted by Crippen LogP contribution is 2.20. The Balaban J connectivity index is 2.11. The minimum absolute atomic E-state index is 0.724. The molecule has 18 heavy (non-hydrogen) atoms. The molecule has 0 aliphatic carbocycles. The van der Waals surface area contributed by atoms with E-state index in [4.69, 9.17) is 0 Å². The van der Waals surface area contributed by atoms with Crippen LogP contribution in [0.15, 0.2) is 61.2 Å². The Labute approximate surface area is 104 Å². The van der Waals surface area contributed by atoms with Crippen molar-refractivity contribution in [2.75, 3.05) is 5.01 Å². The third kappa shape index (κ3) is 1.91. The van der Waals surface area contributed by atoms with Crippen LogP contribution in [0, 0.1) is 0 Å². The van der Waals surface area contributed by atoms with Crippen molar-refractivity contribution in [1.82, 2.24) is 25.1 Å². The molecule has 0 saturated heterocycles. The van der Waals surface area contributed by atoms with Gasteiger partial charge >= 0.3 is 0 Å². The van der Waals surface area contributed by atoms with Crippen molar-refractivity contribution < 1.29 is 0 Å². The van der Waals surface area contributed by atoms with Gasteiger partial charge in [-0.25, -0.2) is 9.97 Å². The molecule has 3 rings (SSSR count).